The van der Waals surface area contributed by atoms with Gasteiger partial charge in [0.1, 0.15) is 5.82 Å². The third kappa shape index (κ3) is 2.34. The topological polar surface area (TPSA) is 50.2 Å². The van der Waals surface area contributed by atoms with Crippen LogP contribution in [0.15, 0.2) is 24.3 Å². The van der Waals surface area contributed by atoms with E-state index in [0.29, 0.717) is 16.9 Å². The first-order valence-corrected chi connectivity index (χ1v) is 5.92. The number of hydrogen-bond acceptors (Lipinski definition) is 3. The number of carboxylic acid groups (broad SMARTS) is 1. The summed E-state index contributed by atoms with van der Waals surface area (Å²) < 4.78 is 13.1. The van der Waals surface area contributed by atoms with E-state index in [9.17, 15) is 9.18 Å². The molecule has 0 aliphatic heterocycles. The standard InChI is InChI=1S/C12H10FNO2S/c1-2-9-14-10(12(15)16)11(17-9)7-4-3-5-8(13)6-7/h3-6H,2H2,1H3,(H,15,16). The lowest BCUT2D eigenvalue weighted by Gasteiger charge is -1.98. The van der Waals surface area contributed by atoms with Crippen LogP contribution in [0.2, 0.25) is 0 Å². The molecule has 0 aliphatic rings. The number of aromatic nitrogens is 1. The Morgan fingerprint density at radius 2 is 2.29 bits per heavy atom. The largest absolute Gasteiger partial charge is 0.476 e. The molecule has 2 rings (SSSR count). The van der Waals surface area contributed by atoms with Crippen LogP contribution in [0.1, 0.15) is 22.4 Å². The maximum absolute atomic E-state index is 13.1. The average Bonchev–Trinajstić information content (AvgIpc) is 2.73. The summed E-state index contributed by atoms with van der Waals surface area (Å²) in [7, 11) is 0. The Morgan fingerprint density at radius 3 is 2.88 bits per heavy atom. The molecule has 0 saturated carbocycles. The Bertz CT molecular complexity index is 565. The zero-order chi connectivity index (χ0) is 12.4. The minimum absolute atomic E-state index is 0.00236. The molecule has 3 nitrogen and oxygen atoms in total. The smallest absolute Gasteiger partial charge is 0.356 e. The summed E-state index contributed by atoms with van der Waals surface area (Å²) in [6.45, 7) is 1.90. The Balaban J connectivity index is 2.57. The molecule has 0 unspecified atom stereocenters. The van der Waals surface area contributed by atoms with Crippen molar-refractivity contribution in [3.63, 3.8) is 0 Å². The summed E-state index contributed by atoms with van der Waals surface area (Å²) in [6, 6.07) is 5.88. The van der Waals surface area contributed by atoms with Crippen molar-refractivity contribution in [3.05, 3.63) is 40.8 Å². The number of aromatic carboxylic acids is 1. The molecular weight excluding hydrogens is 241 g/mol. The van der Waals surface area contributed by atoms with Crippen LogP contribution in [0.5, 0.6) is 0 Å². The lowest BCUT2D eigenvalue weighted by atomic mass is 10.1. The van der Waals surface area contributed by atoms with Gasteiger partial charge in [0, 0.05) is 0 Å². The number of halogens is 1. The Kier molecular flexibility index (Phi) is 3.19. The van der Waals surface area contributed by atoms with Crippen molar-refractivity contribution >= 4 is 17.3 Å². The van der Waals surface area contributed by atoms with Crippen molar-refractivity contribution < 1.29 is 14.3 Å². The van der Waals surface area contributed by atoms with Gasteiger partial charge in [0.2, 0.25) is 0 Å². The normalized spacial score (nSPS) is 10.5. The lowest BCUT2D eigenvalue weighted by Crippen LogP contribution is -1.99. The van der Waals surface area contributed by atoms with E-state index in [1.165, 1.54) is 23.5 Å². The van der Waals surface area contributed by atoms with Crippen LogP contribution >= 0.6 is 11.3 Å². The van der Waals surface area contributed by atoms with E-state index in [0.717, 1.165) is 5.01 Å². The van der Waals surface area contributed by atoms with Crippen LogP contribution in [0.4, 0.5) is 4.39 Å². The van der Waals surface area contributed by atoms with Gasteiger partial charge >= 0.3 is 5.97 Å². The molecule has 0 spiro atoms. The Hall–Kier alpha value is -1.75. The Labute approximate surface area is 102 Å². The van der Waals surface area contributed by atoms with Gasteiger partial charge in [0.15, 0.2) is 5.69 Å². The number of rotatable bonds is 3. The molecule has 0 atom stereocenters. The van der Waals surface area contributed by atoms with Crippen molar-refractivity contribution in [3.8, 4) is 10.4 Å². The number of carboxylic acids is 1. The zero-order valence-electron chi connectivity index (χ0n) is 9.11. The highest BCUT2D eigenvalue weighted by Crippen LogP contribution is 2.31. The first kappa shape index (κ1) is 11.7. The predicted molar refractivity (Wildman–Crippen MR) is 63.8 cm³/mol. The molecule has 0 radical (unpaired) electrons. The number of carbonyl (C=O) groups is 1. The number of nitrogens with zero attached hydrogens (tertiary/aromatic N) is 1. The molecular formula is C12H10FNO2S. The summed E-state index contributed by atoms with van der Waals surface area (Å²) in [4.78, 5) is 15.6. The lowest BCUT2D eigenvalue weighted by molar-refractivity contribution is 0.0692. The van der Waals surface area contributed by atoms with Crippen LogP contribution in [-0.4, -0.2) is 16.1 Å². The molecule has 5 heteroatoms. The minimum atomic E-state index is -1.08. The fourth-order valence-electron chi connectivity index (χ4n) is 1.49. The van der Waals surface area contributed by atoms with Gasteiger partial charge in [-0.3, -0.25) is 0 Å². The van der Waals surface area contributed by atoms with Gasteiger partial charge in [0.25, 0.3) is 0 Å². The second-order valence-corrected chi connectivity index (χ2v) is 4.54. The molecule has 0 bridgehead atoms. The number of aryl methyl sites for hydroxylation is 1. The quantitative estimate of drug-likeness (QED) is 0.911. The van der Waals surface area contributed by atoms with Crippen LogP contribution < -0.4 is 0 Å². The van der Waals surface area contributed by atoms with Gasteiger partial charge < -0.3 is 5.11 Å². The third-order valence-electron chi connectivity index (χ3n) is 2.26. The van der Waals surface area contributed by atoms with Crippen molar-refractivity contribution in [2.75, 3.05) is 0 Å². The molecule has 2 aromatic rings. The van der Waals surface area contributed by atoms with Gasteiger partial charge in [-0.25, -0.2) is 14.2 Å². The average molecular weight is 251 g/mol. The second-order valence-electron chi connectivity index (χ2n) is 3.45. The summed E-state index contributed by atoms with van der Waals surface area (Å²) in [5, 5.41) is 9.79. The monoisotopic (exact) mass is 251 g/mol. The summed E-state index contributed by atoms with van der Waals surface area (Å²) in [5.74, 6) is -1.47. The van der Waals surface area contributed by atoms with E-state index >= 15 is 0 Å². The third-order valence-corrected chi connectivity index (χ3v) is 3.51. The van der Waals surface area contributed by atoms with Crippen molar-refractivity contribution in [2.24, 2.45) is 0 Å². The summed E-state index contributed by atoms with van der Waals surface area (Å²) in [6.07, 6.45) is 0.667. The van der Waals surface area contributed by atoms with Crippen molar-refractivity contribution in [2.45, 2.75) is 13.3 Å². The van der Waals surface area contributed by atoms with Gasteiger partial charge in [0.05, 0.1) is 9.88 Å². The first-order chi connectivity index (χ1) is 8.11. The fourth-order valence-corrected chi connectivity index (χ4v) is 2.48. The SMILES string of the molecule is CCc1nc(C(=O)O)c(-c2cccc(F)c2)s1. The first-order valence-electron chi connectivity index (χ1n) is 5.10. The van der Waals surface area contributed by atoms with Crippen LogP contribution in [0.25, 0.3) is 10.4 Å². The molecule has 88 valence electrons. The van der Waals surface area contributed by atoms with E-state index < -0.39 is 5.97 Å². The molecule has 1 aromatic carbocycles. The number of benzene rings is 1. The van der Waals surface area contributed by atoms with Crippen LogP contribution in [0.3, 0.4) is 0 Å². The van der Waals surface area contributed by atoms with Crippen LogP contribution in [-0.2, 0) is 6.42 Å². The van der Waals surface area contributed by atoms with Crippen molar-refractivity contribution in [1.29, 1.82) is 0 Å². The maximum atomic E-state index is 13.1. The highest BCUT2D eigenvalue weighted by atomic mass is 32.1. The number of thiazole rings is 1. The molecule has 17 heavy (non-hydrogen) atoms. The molecule has 0 amide bonds. The minimum Gasteiger partial charge on any atom is -0.476 e. The van der Waals surface area contributed by atoms with E-state index in [1.807, 2.05) is 6.92 Å². The molecule has 1 N–H and O–H groups in total. The van der Waals surface area contributed by atoms with E-state index in [-0.39, 0.29) is 11.5 Å². The Morgan fingerprint density at radius 1 is 1.53 bits per heavy atom. The van der Waals surface area contributed by atoms with E-state index in [4.69, 9.17) is 5.11 Å². The van der Waals surface area contributed by atoms with Gasteiger partial charge in [-0.05, 0) is 24.1 Å². The molecule has 0 aliphatic carbocycles. The van der Waals surface area contributed by atoms with Gasteiger partial charge in [-0.15, -0.1) is 11.3 Å². The molecule has 0 saturated heterocycles. The van der Waals surface area contributed by atoms with Crippen molar-refractivity contribution in [1.82, 2.24) is 4.98 Å². The second kappa shape index (κ2) is 4.63. The summed E-state index contributed by atoms with van der Waals surface area (Å²) in [5.41, 5.74) is 0.553. The van der Waals surface area contributed by atoms with Gasteiger partial charge in [-0.1, -0.05) is 19.1 Å². The van der Waals surface area contributed by atoms with Gasteiger partial charge in [-0.2, -0.15) is 0 Å². The molecule has 1 aromatic heterocycles. The fraction of sp³-hybridized carbons (Fsp3) is 0.167. The predicted octanol–water partition coefficient (Wildman–Crippen LogP) is 3.21. The van der Waals surface area contributed by atoms with E-state index in [2.05, 4.69) is 4.98 Å². The van der Waals surface area contributed by atoms with E-state index in [1.54, 1.807) is 12.1 Å². The maximum Gasteiger partial charge on any atom is 0.356 e. The highest BCUT2D eigenvalue weighted by molar-refractivity contribution is 7.15. The number of hydrogen-bond donors (Lipinski definition) is 1. The molecule has 1 heterocycles. The highest BCUT2D eigenvalue weighted by Gasteiger charge is 2.18. The summed E-state index contributed by atoms with van der Waals surface area (Å²) >= 11 is 1.29. The zero-order valence-corrected chi connectivity index (χ0v) is 9.92. The molecule has 0 fully saturated rings. The van der Waals surface area contributed by atoms with Crippen LogP contribution in [0, 0.1) is 5.82 Å².